The number of sulfonamides is 1. The molecule has 0 fully saturated rings. The summed E-state index contributed by atoms with van der Waals surface area (Å²) in [6, 6.07) is 16.5. The lowest BCUT2D eigenvalue weighted by atomic mass is 10.1. The van der Waals surface area contributed by atoms with Gasteiger partial charge in [0.05, 0.1) is 24.5 Å². The number of benzene rings is 2. The van der Waals surface area contributed by atoms with Gasteiger partial charge in [-0.15, -0.1) is 11.3 Å². The van der Waals surface area contributed by atoms with Crippen molar-refractivity contribution in [2.24, 2.45) is 0 Å². The van der Waals surface area contributed by atoms with Gasteiger partial charge in [-0.2, -0.15) is 0 Å². The van der Waals surface area contributed by atoms with Gasteiger partial charge in [-0.1, -0.05) is 42.0 Å². The van der Waals surface area contributed by atoms with Crippen LogP contribution >= 0.6 is 11.3 Å². The highest BCUT2D eigenvalue weighted by molar-refractivity contribution is 7.97. The predicted molar refractivity (Wildman–Crippen MR) is 124 cm³/mol. The number of ketones is 1. The summed E-state index contributed by atoms with van der Waals surface area (Å²) in [5.41, 5.74) is 2.94. The van der Waals surface area contributed by atoms with Crippen molar-refractivity contribution in [3.8, 4) is 5.75 Å². The van der Waals surface area contributed by atoms with Crippen molar-refractivity contribution in [1.29, 1.82) is 0 Å². The molecule has 0 atom stereocenters. The fourth-order valence-corrected chi connectivity index (χ4v) is 5.81. The first-order valence-electron chi connectivity index (χ1n) is 9.81. The number of fused-ring (bicyclic) bond motifs is 1. The van der Waals surface area contributed by atoms with Gasteiger partial charge in [0.15, 0.2) is 4.91 Å². The number of aryl methyl sites for hydroxylation is 1. The van der Waals surface area contributed by atoms with Crippen LogP contribution in [0.1, 0.15) is 27.7 Å². The van der Waals surface area contributed by atoms with Crippen molar-refractivity contribution < 1.29 is 17.9 Å². The average Bonchev–Trinajstić information content (AvgIpc) is 3.23. The zero-order valence-corrected chi connectivity index (χ0v) is 18.8. The maximum absolute atomic E-state index is 13.5. The van der Waals surface area contributed by atoms with Gasteiger partial charge in [0, 0.05) is 6.20 Å². The molecule has 0 saturated heterocycles. The Morgan fingerprint density at radius 2 is 1.84 bits per heavy atom. The normalized spacial score (nSPS) is 16.3. The third kappa shape index (κ3) is 4.08. The Morgan fingerprint density at radius 1 is 1.10 bits per heavy atom. The standard InChI is InChI=1S/C23H22N2O4S2/c1-3-29-20-7-5-4-6-18(20)24-14-21-22(26)23-19(12-13-30-23)25(31(21,27)28)15-17-10-8-16(2)9-11-17/h4-14,24H,3,15H2,1-2H3. The molecule has 3 aromatic rings. The van der Waals surface area contributed by atoms with E-state index >= 15 is 0 Å². The lowest BCUT2D eigenvalue weighted by Crippen LogP contribution is -2.38. The van der Waals surface area contributed by atoms with Crippen LogP contribution in [0.4, 0.5) is 11.4 Å². The third-order valence-electron chi connectivity index (χ3n) is 4.90. The Bertz CT molecular complexity index is 1240. The van der Waals surface area contributed by atoms with Crippen LogP contribution in [-0.4, -0.2) is 20.8 Å². The van der Waals surface area contributed by atoms with E-state index in [-0.39, 0.29) is 11.4 Å². The van der Waals surface area contributed by atoms with E-state index in [9.17, 15) is 13.2 Å². The maximum atomic E-state index is 13.5. The lowest BCUT2D eigenvalue weighted by Gasteiger charge is -2.29. The van der Waals surface area contributed by atoms with E-state index in [1.807, 2.05) is 50.2 Å². The Kier molecular flexibility index (Phi) is 5.84. The number of para-hydroxylation sites is 2. The Labute approximate surface area is 185 Å². The lowest BCUT2D eigenvalue weighted by molar-refractivity contribution is 0.104. The molecule has 0 aliphatic carbocycles. The van der Waals surface area contributed by atoms with Crippen LogP contribution in [0, 0.1) is 6.92 Å². The second-order valence-electron chi connectivity index (χ2n) is 7.04. The largest absolute Gasteiger partial charge is 0.492 e. The van der Waals surface area contributed by atoms with E-state index in [0.29, 0.717) is 28.6 Å². The zero-order chi connectivity index (χ0) is 22.0. The number of hydrogen-bond acceptors (Lipinski definition) is 6. The van der Waals surface area contributed by atoms with Crippen molar-refractivity contribution in [1.82, 2.24) is 0 Å². The quantitative estimate of drug-likeness (QED) is 0.534. The summed E-state index contributed by atoms with van der Waals surface area (Å²) in [6.07, 6.45) is 1.26. The molecule has 2 aromatic carbocycles. The number of nitrogens with zero attached hydrogens (tertiary/aromatic N) is 1. The maximum Gasteiger partial charge on any atom is 0.270 e. The molecule has 31 heavy (non-hydrogen) atoms. The molecule has 160 valence electrons. The van der Waals surface area contributed by atoms with Crippen molar-refractivity contribution in [2.75, 3.05) is 16.2 Å². The summed E-state index contributed by atoms with van der Waals surface area (Å²) in [5, 5.41) is 4.70. The summed E-state index contributed by atoms with van der Waals surface area (Å²) in [7, 11) is -4.05. The van der Waals surface area contributed by atoms with Crippen LogP contribution in [0.3, 0.4) is 0 Å². The molecule has 0 bridgehead atoms. The highest BCUT2D eigenvalue weighted by Crippen LogP contribution is 2.39. The number of hydrogen-bond donors (Lipinski definition) is 1. The Hall–Kier alpha value is -3.10. The van der Waals surface area contributed by atoms with Gasteiger partial charge in [-0.05, 0) is 43.0 Å². The van der Waals surface area contributed by atoms with E-state index in [2.05, 4.69) is 5.32 Å². The Morgan fingerprint density at radius 3 is 2.58 bits per heavy atom. The molecule has 6 nitrogen and oxygen atoms in total. The van der Waals surface area contributed by atoms with Gasteiger partial charge in [-0.25, -0.2) is 8.42 Å². The minimum Gasteiger partial charge on any atom is -0.492 e. The second kappa shape index (κ2) is 8.56. The van der Waals surface area contributed by atoms with Gasteiger partial charge in [0.2, 0.25) is 5.78 Å². The highest BCUT2D eigenvalue weighted by Gasteiger charge is 2.41. The zero-order valence-electron chi connectivity index (χ0n) is 17.2. The molecule has 0 unspecified atom stereocenters. The van der Waals surface area contributed by atoms with E-state index in [0.717, 1.165) is 11.1 Å². The number of anilines is 2. The number of rotatable bonds is 6. The van der Waals surface area contributed by atoms with Crippen LogP contribution in [0.25, 0.3) is 0 Å². The number of Topliss-reactive ketones (excluding diaryl/α,β-unsaturated/α-hetero) is 1. The smallest absolute Gasteiger partial charge is 0.270 e. The average molecular weight is 455 g/mol. The fraction of sp³-hybridized carbons (Fsp3) is 0.174. The van der Waals surface area contributed by atoms with Gasteiger partial charge >= 0.3 is 0 Å². The summed E-state index contributed by atoms with van der Waals surface area (Å²) in [6.45, 7) is 4.46. The topological polar surface area (TPSA) is 75.7 Å². The van der Waals surface area contributed by atoms with Crippen molar-refractivity contribution >= 4 is 38.5 Å². The van der Waals surface area contributed by atoms with Gasteiger partial charge in [0.25, 0.3) is 10.0 Å². The molecule has 0 radical (unpaired) electrons. The summed E-state index contributed by atoms with van der Waals surface area (Å²) >= 11 is 1.24. The number of carbonyl (C=O) groups excluding carboxylic acids is 1. The van der Waals surface area contributed by atoms with Crippen LogP contribution in [-0.2, 0) is 16.6 Å². The van der Waals surface area contributed by atoms with Crippen molar-refractivity contribution in [3.63, 3.8) is 0 Å². The Balaban J connectivity index is 1.73. The molecule has 0 spiro atoms. The third-order valence-corrected chi connectivity index (χ3v) is 7.57. The summed E-state index contributed by atoms with van der Waals surface area (Å²) in [4.78, 5) is 13.2. The van der Waals surface area contributed by atoms with Crippen LogP contribution in [0.5, 0.6) is 5.75 Å². The van der Waals surface area contributed by atoms with E-state index < -0.39 is 15.8 Å². The first-order valence-corrected chi connectivity index (χ1v) is 12.1. The van der Waals surface area contributed by atoms with Crippen LogP contribution in [0.15, 0.2) is 71.1 Å². The molecule has 0 saturated carbocycles. The van der Waals surface area contributed by atoms with Crippen molar-refractivity contribution in [2.45, 2.75) is 20.4 Å². The number of allylic oxidation sites excluding steroid dienone is 1. The van der Waals surface area contributed by atoms with E-state index in [1.165, 1.54) is 21.8 Å². The summed E-state index contributed by atoms with van der Waals surface area (Å²) < 4.78 is 33.8. The van der Waals surface area contributed by atoms with E-state index in [4.69, 9.17) is 4.74 Å². The van der Waals surface area contributed by atoms with Gasteiger partial charge < -0.3 is 10.1 Å². The minimum absolute atomic E-state index is 0.145. The monoisotopic (exact) mass is 454 g/mol. The van der Waals surface area contributed by atoms with E-state index in [1.54, 1.807) is 23.6 Å². The second-order valence-corrected chi connectivity index (χ2v) is 9.79. The first-order chi connectivity index (χ1) is 14.9. The number of ether oxygens (including phenoxy) is 1. The molecule has 1 N–H and O–H groups in total. The molecule has 1 aliphatic rings. The molecule has 2 heterocycles. The molecule has 1 aliphatic heterocycles. The minimum atomic E-state index is -4.05. The molecule has 0 amide bonds. The number of thiophene rings is 1. The first kappa shape index (κ1) is 21.1. The van der Waals surface area contributed by atoms with Crippen LogP contribution < -0.4 is 14.4 Å². The summed E-state index contributed by atoms with van der Waals surface area (Å²) in [5.74, 6) is 0.0716. The molecular formula is C23H22N2O4S2. The SMILES string of the molecule is CCOc1ccccc1NC=C1C(=O)c2sccc2N(Cc2ccc(C)cc2)S1(=O)=O. The van der Waals surface area contributed by atoms with Crippen LogP contribution in [0.2, 0.25) is 0 Å². The predicted octanol–water partition coefficient (Wildman–Crippen LogP) is 4.94. The van der Waals surface area contributed by atoms with Crippen molar-refractivity contribution in [3.05, 3.63) is 87.1 Å². The molecule has 1 aromatic heterocycles. The highest BCUT2D eigenvalue weighted by atomic mass is 32.2. The van der Waals surface area contributed by atoms with Gasteiger partial charge in [-0.3, -0.25) is 9.10 Å². The molecular weight excluding hydrogens is 432 g/mol. The number of nitrogens with one attached hydrogen (secondary N) is 1. The molecule has 4 rings (SSSR count). The molecule has 8 heteroatoms. The fourth-order valence-electron chi connectivity index (χ4n) is 3.33. The van der Waals surface area contributed by atoms with Gasteiger partial charge in [0.1, 0.15) is 10.6 Å². The number of carbonyl (C=O) groups is 1.